The molecule has 1 aromatic rings. The molecule has 0 unspecified atom stereocenters. The molecule has 0 radical (unpaired) electrons. The van der Waals surface area contributed by atoms with Crippen LogP contribution in [-0.2, 0) is 16.7 Å². The normalized spacial score (nSPS) is 18.3. The van der Waals surface area contributed by atoms with Crippen LogP contribution in [0.5, 0.6) is 0 Å². The van der Waals surface area contributed by atoms with E-state index in [1.165, 1.54) is 15.2 Å². The molecule has 0 bridgehead atoms. The van der Waals surface area contributed by atoms with E-state index < -0.39 is 14.9 Å². The fourth-order valence-corrected chi connectivity index (χ4v) is 3.28. The van der Waals surface area contributed by atoms with Crippen LogP contribution in [0.1, 0.15) is 0 Å². The molecule has 0 atom stereocenters. The summed E-state index contributed by atoms with van der Waals surface area (Å²) in [7, 11) is -3.15. The van der Waals surface area contributed by atoms with E-state index in [-0.39, 0.29) is 5.82 Å². The van der Waals surface area contributed by atoms with E-state index in [9.17, 15) is 18.5 Å². The number of sulfonamides is 1. The Morgan fingerprint density at radius 1 is 1.40 bits per heavy atom. The summed E-state index contributed by atoms with van der Waals surface area (Å²) >= 11 is 3.09. The molecule has 20 heavy (non-hydrogen) atoms. The first-order valence-corrected chi connectivity index (χ1v) is 8.46. The third-order valence-corrected chi connectivity index (χ3v) is 4.88. The van der Waals surface area contributed by atoms with Crippen molar-refractivity contribution in [3.63, 3.8) is 0 Å². The average Bonchev–Trinajstić information content (AvgIpc) is 2.70. The molecule has 1 aliphatic rings. The Labute approximate surface area is 124 Å². The molecule has 112 valence electrons. The first-order chi connectivity index (χ1) is 9.27. The monoisotopic (exact) mass is 367 g/mol. The lowest BCUT2D eigenvalue weighted by molar-refractivity contribution is -0.390. The van der Waals surface area contributed by atoms with Gasteiger partial charge < -0.3 is 10.1 Å². The zero-order valence-electron chi connectivity index (χ0n) is 10.8. The van der Waals surface area contributed by atoms with E-state index in [4.69, 9.17) is 0 Å². The molecule has 0 spiro atoms. The molecule has 11 heteroatoms. The molecule has 9 nitrogen and oxygen atoms in total. The Balaban J connectivity index is 1.96. The van der Waals surface area contributed by atoms with Crippen molar-refractivity contribution in [3.05, 3.63) is 20.8 Å². The van der Waals surface area contributed by atoms with Crippen LogP contribution in [0.2, 0.25) is 0 Å². The van der Waals surface area contributed by atoms with Crippen molar-refractivity contribution in [2.75, 3.05) is 32.4 Å². The molecule has 0 aromatic carbocycles. The van der Waals surface area contributed by atoms with E-state index in [2.05, 4.69) is 21.0 Å². The van der Waals surface area contributed by atoms with Crippen molar-refractivity contribution in [2.45, 2.75) is 6.67 Å². The number of piperazine rings is 1. The van der Waals surface area contributed by atoms with Crippen LogP contribution in [0.25, 0.3) is 0 Å². The van der Waals surface area contributed by atoms with Gasteiger partial charge in [0.1, 0.15) is 11.1 Å². The molecular weight excluding hydrogens is 354 g/mol. The van der Waals surface area contributed by atoms with E-state index in [1.807, 2.05) is 4.90 Å². The van der Waals surface area contributed by atoms with Gasteiger partial charge in [0.05, 0.1) is 17.6 Å². The largest absolute Gasteiger partial charge is 0.404 e. The highest BCUT2D eigenvalue weighted by molar-refractivity contribution is 9.10. The second-order valence-electron chi connectivity index (χ2n) is 4.52. The maximum atomic E-state index is 11.4. The predicted molar refractivity (Wildman–Crippen MR) is 74.6 cm³/mol. The summed E-state index contributed by atoms with van der Waals surface area (Å²) < 4.78 is 26.0. The maximum absolute atomic E-state index is 11.4. The van der Waals surface area contributed by atoms with Gasteiger partial charge in [-0.25, -0.2) is 8.42 Å². The molecule has 0 saturated carbocycles. The Hall–Kier alpha value is -1.04. The predicted octanol–water partition coefficient (Wildman–Crippen LogP) is 0.0885. The number of nitrogens with zero attached hydrogens (tertiary/aromatic N) is 5. The third-order valence-electron chi connectivity index (χ3n) is 3.02. The smallest absolute Gasteiger partial charge is 0.358 e. The van der Waals surface area contributed by atoms with Gasteiger partial charge in [-0.15, -0.1) is 0 Å². The molecule has 0 N–H and O–H groups in total. The summed E-state index contributed by atoms with van der Waals surface area (Å²) in [6, 6.07) is 0. The summed E-state index contributed by atoms with van der Waals surface area (Å²) in [6.45, 7) is 2.37. The molecule has 1 fully saturated rings. The van der Waals surface area contributed by atoms with E-state index in [0.717, 1.165) is 0 Å². The summed E-state index contributed by atoms with van der Waals surface area (Å²) in [6.07, 6.45) is 2.73. The summed E-state index contributed by atoms with van der Waals surface area (Å²) in [4.78, 5) is 12.1. The first kappa shape index (κ1) is 15.4. The molecule has 0 aliphatic carbocycles. The van der Waals surface area contributed by atoms with Gasteiger partial charge in [0.25, 0.3) is 0 Å². The Morgan fingerprint density at radius 3 is 2.45 bits per heavy atom. The quantitative estimate of drug-likeness (QED) is 0.551. The van der Waals surface area contributed by atoms with Crippen LogP contribution in [0.4, 0.5) is 5.82 Å². The minimum absolute atomic E-state index is 0.222. The summed E-state index contributed by atoms with van der Waals surface area (Å²) in [5.41, 5.74) is 0. The first-order valence-electron chi connectivity index (χ1n) is 5.82. The molecule has 1 aliphatic heterocycles. The lowest BCUT2D eigenvalue weighted by Gasteiger charge is -2.32. The molecule has 2 rings (SSSR count). The topological polar surface area (TPSA) is 102 Å². The van der Waals surface area contributed by atoms with Gasteiger partial charge >= 0.3 is 5.82 Å². The van der Waals surface area contributed by atoms with Gasteiger partial charge in [-0.3, -0.25) is 4.90 Å². The standard InChI is InChI=1S/C9H14BrN5O4S/c1-20(18,19)14-4-2-12(3-5-14)7-13-6-8(10)9(11-13)15(16)17/h6H,2-5,7H2,1H3. The summed E-state index contributed by atoms with van der Waals surface area (Å²) in [5, 5.41) is 14.6. The molecule has 2 heterocycles. The van der Waals surface area contributed by atoms with Crippen molar-refractivity contribution in [1.29, 1.82) is 0 Å². The number of hydrogen-bond donors (Lipinski definition) is 0. The van der Waals surface area contributed by atoms with Gasteiger partial charge in [-0.05, 0) is 20.9 Å². The van der Waals surface area contributed by atoms with Crippen molar-refractivity contribution in [2.24, 2.45) is 0 Å². The van der Waals surface area contributed by atoms with Crippen molar-refractivity contribution < 1.29 is 13.3 Å². The highest BCUT2D eigenvalue weighted by Crippen LogP contribution is 2.22. The van der Waals surface area contributed by atoms with Crippen molar-refractivity contribution in [1.82, 2.24) is 19.0 Å². The average molecular weight is 368 g/mol. The van der Waals surface area contributed by atoms with Gasteiger partial charge in [0, 0.05) is 26.2 Å². The maximum Gasteiger partial charge on any atom is 0.404 e. The van der Waals surface area contributed by atoms with Crippen LogP contribution in [0.15, 0.2) is 10.7 Å². The molecule has 0 amide bonds. The van der Waals surface area contributed by atoms with E-state index in [1.54, 1.807) is 6.20 Å². The van der Waals surface area contributed by atoms with Gasteiger partial charge in [-0.1, -0.05) is 0 Å². The number of hydrogen-bond acceptors (Lipinski definition) is 6. The summed E-state index contributed by atoms with van der Waals surface area (Å²) in [5.74, 6) is -0.222. The number of rotatable bonds is 4. The van der Waals surface area contributed by atoms with E-state index >= 15 is 0 Å². The zero-order chi connectivity index (χ0) is 14.9. The van der Waals surface area contributed by atoms with Crippen LogP contribution in [0, 0.1) is 10.1 Å². The third kappa shape index (κ3) is 3.53. The Morgan fingerprint density at radius 2 is 2.00 bits per heavy atom. The van der Waals surface area contributed by atoms with Crippen LogP contribution < -0.4 is 0 Å². The minimum Gasteiger partial charge on any atom is -0.358 e. The van der Waals surface area contributed by atoms with Crippen LogP contribution in [0.3, 0.4) is 0 Å². The SMILES string of the molecule is CS(=O)(=O)N1CCN(Cn2cc(Br)c([N+](=O)[O-])n2)CC1. The second kappa shape index (κ2) is 5.76. The zero-order valence-corrected chi connectivity index (χ0v) is 13.2. The minimum atomic E-state index is -3.15. The van der Waals surface area contributed by atoms with Gasteiger partial charge in [-0.2, -0.15) is 8.99 Å². The Kier molecular flexibility index (Phi) is 4.42. The van der Waals surface area contributed by atoms with Crippen LogP contribution in [-0.4, -0.2) is 64.8 Å². The van der Waals surface area contributed by atoms with E-state index in [0.29, 0.717) is 37.3 Å². The highest BCUT2D eigenvalue weighted by atomic mass is 79.9. The molecular formula is C9H14BrN5O4S. The van der Waals surface area contributed by atoms with Crippen molar-refractivity contribution >= 4 is 31.8 Å². The molecule has 1 saturated heterocycles. The number of halogens is 1. The lowest BCUT2D eigenvalue weighted by atomic mass is 10.4. The van der Waals surface area contributed by atoms with Gasteiger partial charge in [0.15, 0.2) is 0 Å². The lowest BCUT2D eigenvalue weighted by Crippen LogP contribution is -2.48. The van der Waals surface area contributed by atoms with Crippen LogP contribution >= 0.6 is 15.9 Å². The Bertz CT molecular complexity index is 608. The number of nitro groups is 1. The van der Waals surface area contributed by atoms with Crippen molar-refractivity contribution in [3.8, 4) is 0 Å². The second-order valence-corrected chi connectivity index (χ2v) is 7.36. The number of aromatic nitrogens is 2. The van der Waals surface area contributed by atoms with Gasteiger partial charge in [0.2, 0.25) is 10.0 Å². The molecule has 1 aromatic heterocycles. The fraction of sp³-hybridized carbons (Fsp3) is 0.667. The fourth-order valence-electron chi connectivity index (χ4n) is 1.99. The highest BCUT2D eigenvalue weighted by Gasteiger charge is 2.25.